The average molecular weight is 263 g/mol. The lowest BCUT2D eigenvalue weighted by molar-refractivity contribution is -0.137. The Bertz CT molecular complexity index is 566. The lowest BCUT2D eigenvalue weighted by Gasteiger charge is -2.20. The van der Waals surface area contributed by atoms with Gasteiger partial charge in [-0.25, -0.2) is 0 Å². The molecule has 0 saturated heterocycles. The molecule has 1 unspecified atom stereocenters. The molecule has 1 heterocycles. The molecule has 0 fully saturated rings. The fourth-order valence-electron chi connectivity index (χ4n) is 2.11. The summed E-state index contributed by atoms with van der Waals surface area (Å²) in [6.07, 6.45) is -0.275. The van der Waals surface area contributed by atoms with Crippen molar-refractivity contribution in [3.05, 3.63) is 29.3 Å². The molecule has 1 aromatic carbocycles. The quantitative estimate of drug-likeness (QED) is 0.824. The third kappa shape index (κ3) is 2.16. The van der Waals surface area contributed by atoms with Gasteiger partial charge in [0.1, 0.15) is 5.75 Å². The number of carboxylic acids is 1. The molecule has 6 heteroatoms. The molecule has 1 N–H and O–H groups in total. The summed E-state index contributed by atoms with van der Waals surface area (Å²) in [7, 11) is 1.47. The minimum absolute atomic E-state index is 0.251. The molecule has 6 nitrogen and oxygen atoms in total. The fourth-order valence-corrected chi connectivity index (χ4v) is 2.11. The lowest BCUT2D eigenvalue weighted by Crippen LogP contribution is -2.39. The number of methoxy groups -OCH3 is 1. The van der Waals surface area contributed by atoms with E-state index in [1.165, 1.54) is 26.2 Å². The number of imide groups is 1. The fraction of sp³-hybridized carbons (Fsp3) is 0.308. The zero-order chi connectivity index (χ0) is 14.2. The Kier molecular flexibility index (Phi) is 3.25. The first-order chi connectivity index (χ1) is 8.95. The van der Waals surface area contributed by atoms with E-state index in [2.05, 4.69) is 0 Å². The van der Waals surface area contributed by atoms with Crippen LogP contribution in [0.15, 0.2) is 18.2 Å². The normalized spacial score (nSPS) is 15.4. The number of benzene rings is 1. The Morgan fingerprint density at radius 3 is 2.53 bits per heavy atom. The van der Waals surface area contributed by atoms with Gasteiger partial charge in [-0.1, -0.05) is 0 Å². The first-order valence-electron chi connectivity index (χ1n) is 5.73. The topological polar surface area (TPSA) is 83.9 Å². The van der Waals surface area contributed by atoms with E-state index in [4.69, 9.17) is 9.84 Å². The van der Waals surface area contributed by atoms with E-state index in [1.54, 1.807) is 6.07 Å². The molecule has 1 aromatic rings. The molecule has 1 aliphatic rings. The average Bonchev–Trinajstić information content (AvgIpc) is 2.60. The molecule has 0 aromatic heterocycles. The van der Waals surface area contributed by atoms with E-state index in [1.807, 2.05) is 0 Å². The number of rotatable bonds is 4. The largest absolute Gasteiger partial charge is 0.497 e. The van der Waals surface area contributed by atoms with E-state index in [9.17, 15) is 14.4 Å². The van der Waals surface area contributed by atoms with E-state index < -0.39 is 23.8 Å². The molecular weight excluding hydrogens is 250 g/mol. The van der Waals surface area contributed by atoms with Crippen LogP contribution in [-0.2, 0) is 4.79 Å². The number of hydrogen-bond donors (Lipinski definition) is 1. The molecule has 0 aliphatic carbocycles. The molecule has 0 radical (unpaired) electrons. The van der Waals surface area contributed by atoms with Gasteiger partial charge in [0, 0.05) is 6.04 Å². The molecule has 19 heavy (non-hydrogen) atoms. The highest BCUT2D eigenvalue weighted by atomic mass is 16.5. The predicted molar refractivity (Wildman–Crippen MR) is 65.2 cm³/mol. The van der Waals surface area contributed by atoms with Crippen molar-refractivity contribution in [1.82, 2.24) is 4.90 Å². The van der Waals surface area contributed by atoms with E-state index in [0.717, 1.165) is 4.90 Å². The van der Waals surface area contributed by atoms with Crippen LogP contribution < -0.4 is 4.74 Å². The maximum atomic E-state index is 12.2. The van der Waals surface area contributed by atoms with Gasteiger partial charge >= 0.3 is 5.97 Å². The Morgan fingerprint density at radius 1 is 1.32 bits per heavy atom. The second-order valence-electron chi connectivity index (χ2n) is 4.34. The molecule has 0 spiro atoms. The van der Waals surface area contributed by atoms with Gasteiger partial charge in [-0.2, -0.15) is 0 Å². The molecule has 2 amide bonds. The van der Waals surface area contributed by atoms with Crippen molar-refractivity contribution in [3.8, 4) is 5.75 Å². The Labute approximate surface area is 109 Å². The van der Waals surface area contributed by atoms with Gasteiger partial charge < -0.3 is 9.84 Å². The SMILES string of the molecule is COc1ccc2c(c1)C(=O)N(C(C)CC(=O)O)C2=O. The number of ether oxygens (including phenoxy) is 1. The van der Waals surface area contributed by atoms with Crippen molar-refractivity contribution < 1.29 is 24.2 Å². The maximum absolute atomic E-state index is 12.2. The van der Waals surface area contributed by atoms with Crippen LogP contribution in [0.2, 0.25) is 0 Å². The van der Waals surface area contributed by atoms with E-state index in [-0.39, 0.29) is 17.5 Å². The highest BCUT2D eigenvalue weighted by Crippen LogP contribution is 2.28. The van der Waals surface area contributed by atoms with Gasteiger partial charge in [-0.3, -0.25) is 19.3 Å². The van der Waals surface area contributed by atoms with Crippen LogP contribution in [0.3, 0.4) is 0 Å². The van der Waals surface area contributed by atoms with Gasteiger partial charge in [-0.05, 0) is 25.1 Å². The number of carbonyl (C=O) groups is 3. The first kappa shape index (κ1) is 13.1. The van der Waals surface area contributed by atoms with Crippen LogP contribution in [0.4, 0.5) is 0 Å². The van der Waals surface area contributed by atoms with Crippen LogP contribution in [0.1, 0.15) is 34.1 Å². The number of carbonyl (C=O) groups excluding carboxylic acids is 2. The summed E-state index contributed by atoms with van der Waals surface area (Å²) in [4.78, 5) is 35.9. The summed E-state index contributed by atoms with van der Waals surface area (Å²) in [5.74, 6) is -1.52. The third-order valence-corrected chi connectivity index (χ3v) is 3.04. The summed E-state index contributed by atoms with van der Waals surface area (Å²) in [6.45, 7) is 1.53. The van der Waals surface area contributed by atoms with Crippen molar-refractivity contribution in [1.29, 1.82) is 0 Å². The van der Waals surface area contributed by atoms with Crippen LogP contribution in [0.5, 0.6) is 5.75 Å². The summed E-state index contributed by atoms with van der Waals surface area (Å²) >= 11 is 0. The first-order valence-corrected chi connectivity index (χ1v) is 5.73. The summed E-state index contributed by atoms with van der Waals surface area (Å²) in [5.41, 5.74) is 0.532. The smallest absolute Gasteiger partial charge is 0.305 e. The highest BCUT2D eigenvalue weighted by molar-refractivity contribution is 6.21. The second kappa shape index (κ2) is 4.72. The van der Waals surface area contributed by atoms with Crippen molar-refractivity contribution in [2.75, 3.05) is 7.11 Å². The zero-order valence-electron chi connectivity index (χ0n) is 10.5. The van der Waals surface area contributed by atoms with Gasteiger partial charge in [0.15, 0.2) is 0 Å². The number of hydrogen-bond acceptors (Lipinski definition) is 4. The van der Waals surface area contributed by atoms with Gasteiger partial charge in [-0.15, -0.1) is 0 Å². The van der Waals surface area contributed by atoms with Crippen molar-refractivity contribution in [2.24, 2.45) is 0 Å². The number of amides is 2. The number of fused-ring (bicyclic) bond motifs is 1. The summed E-state index contributed by atoms with van der Waals surface area (Å²) < 4.78 is 5.01. The van der Waals surface area contributed by atoms with Gasteiger partial charge in [0.25, 0.3) is 11.8 Å². The predicted octanol–water partition coefficient (Wildman–Crippen LogP) is 1.15. The maximum Gasteiger partial charge on any atom is 0.305 e. The van der Waals surface area contributed by atoms with Crippen LogP contribution >= 0.6 is 0 Å². The molecule has 100 valence electrons. The highest BCUT2D eigenvalue weighted by Gasteiger charge is 2.39. The molecule has 2 rings (SSSR count). The van der Waals surface area contributed by atoms with Gasteiger partial charge in [0.05, 0.1) is 24.7 Å². The van der Waals surface area contributed by atoms with E-state index in [0.29, 0.717) is 5.75 Å². The Morgan fingerprint density at radius 2 is 1.95 bits per heavy atom. The van der Waals surface area contributed by atoms with Crippen molar-refractivity contribution in [3.63, 3.8) is 0 Å². The molecule has 1 aliphatic heterocycles. The molecule has 1 atom stereocenters. The van der Waals surface area contributed by atoms with Gasteiger partial charge in [0.2, 0.25) is 0 Å². The number of aliphatic carboxylic acids is 1. The third-order valence-electron chi connectivity index (χ3n) is 3.04. The zero-order valence-corrected chi connectivity index (χ0v) is 10.5. The minimum Gasteiger partial charge on any atom is -0.497 e. The number of carboxylic acid groups (broad SMARTS) is 1. The standard InChI is InChI=1S/C13H13NO5/c1-7(5-11(15)16)14-12(17)9-4-3-8(19-2)6-10(9)13(14)18/h3-4,6-7H,5H2,1-2H3,(H,15,16). The monoisotopic (exact) mass is 263 g/mol. The molecule has 0 bridgehead atoms. The second-order valence-corrected chi connectivity index (χ2v) is 4.34. The van der Waals surface area contributed by atoms with Crippen molar-refractivity contribution >= 4 is 17.8 Å². The summed E-state index contributed by atoms with van der Waals surface area (Å²) in [5, 5.41) is 8.75. The summed E-state index contributed by atoms with van der Waals surface area (Å²) in [6, 6.07) is 3.91. The Balaban J connectivity index is 2.36. The number of nitrogens with zero attached hydrogens (tertiary/aromatic N) is 1. The Hall–Kier alpha value is -2.37. The van der Waals surface area contributed by atoms with Crippen LogP contribution in [0.25, 0.3) is 0 Å². The minimum atomic E-state index is -1.05. The lowest BCUT2D eigenvalue weighted by atomic mass is 10.1. The van der Waals surface area contributed by atoms with Crippen molar-refractivity contribution in [2.45, 2.75) is 19.4 Å². The molecular formula is C13H13NO5. The van der Waals surface area contributed by atoms with E-state index >= 15 is 0 Å². The van der Waals surface area contributed by atoms with Crippen LogP contribution in [-0.4, -0.2) is 40.9 Å². The molecule has 0 saturated carbocycles. The van der Waals surface area contributed by atoms with Crippen LogP contribution in [0, 0.1) is 0 Å².